The third-order valence-electron chi connectivity index (χ3n) is 9.48. The molecule has 0 bridgehead atoms. The van der Waals surface area contributed by atoms with E-state index in [0.717, 1.165) is 24.3 Å². The number of hydrogen-bond donors (Lipinski definition) is 0. The summed E-state index contributed by atoms with van der Waals surface area (Å²) in [6.07, 6.45) is 5.17. The molecule has 2 atom stereocenters. The molecular formula is C50H58O16. The van der Waals surface area contributed by atoms with Crippen LogP contribution in [0.25, 0.3) is 0 Å². The van der Waals surface area contributed by atoms with Crippen molar-refractivity contribution < 1.29 is 76.1 Å². The van der Waals surface area contributed by atoms with Crippen LogP contribution in [0.15, 0.2) is 99.2 Å². The molecule has 0 aliphatic heterocycles. The number of aryl methyl sites for hydroxylation is 2. The van der Waals surface area contributed by atoms with E-state index < -0.39 is 48.0 Å². The first kappa shape index (κ1) is 53.3. The second-order valence-corrected chi connectivity index (χ2v) is 14.5. The van der Waals surface area contributed by atoms with E-state index in [0.29, 0.717) is 72.6 Å². The summed E-state index contributed by atoms with van der Waals surface area (Å²) in [5.41, 5.74) is 2.82. The van der Waals surface area contributed by atoms with E-state index in [1.807, 2.05) is 0 Å². The van der Waals surface area contributed by atoms with E-state index in [1.165, 1.54) is 12.1 Å². The number of hydrogen-bond acceptors (Lipinski definition) is 16. The molecule has 0 N–H and O–H groups in total. The molecule has 66 heavy (non-hydrogen) atoms. The minimum absolute atomic E-state index is 0.0286. The topological polar surface area (TPSA) is 195 Å². The zero-order chi connectivity index (χ0) is 48.4. The van der Waals surface area contributed by atoms with Gasteiger partial charge in [-0.05, 0) is 124 Å². The summed E-state index contributed by atoms with van der Waals surface area (Å²) in [6.45, 7) is 21.7. The Kier molecular flexibility index (Phi) is 23.2. The summed E-state index contributed by atoms with van der Waals surface area (Å²) >= 11 is 0. The van der Waals surface area contributed by atoms with Crippen molar-refractivity contribution >= 4 is 35.8 Å². The summed E-state index contributed by atoms with van der Waals surface area (Å²) in [4.78, 5) is 72.9. The minimum Gasteiger partial charge on any atom is -0.489 e. The van der Waals surface area contributed by atoms with Gasteiger partial charge in [0.2, 0.25) is 0 Å². The molecular weight excluding hydrogens is 857 g/mol. The first-order valence-electron chi connectivity index (χ1n) is 21.1. The van der Waals surface area contributed by atoms with Gasteiger partial charge in [-0.1, -0.05) is 26.3 Å². The number of rotatable bonds is 30. The van der Waals surface area contributed by atoms with Gasteiger partial charge in [0.1, 0.15) is 36.2 Å². The molecule has 16 heteroatoms. The first-order valence-corrected chi connectivity index (χ1v) is 21.1. The summed E-state index contributed by atoms with van der Waals surface area (Å²) in [6, 6.07) is 12.6. The molecule has 2 unspecified atom stereocenters. The summed E-state index contributed by atoms with van der Waals surface area (Å²) < 4.78 is 55.2. The zero-order valence-corrected chi connectivity index (χ0v) is 37.9. The number of esters is 6. The van der Waals surface area contributed by atoms with E-state index >= 15 is 0 Å². The van der Waals surface area contributed by atoms with Crippen molar-refractivity contribution in [2.24, 2.45) is 0 Å². The lowest BCUT2D eigenvalue weighted by Crippen LogP contribution is -2.29. The average molecular weight is 915 g/mol. The van der Waals surface area contributed by atoms with Gasteiger partial charge in [-0.3, -0.25) is 0 Å². The number of carbonyl (C=O) groups excluding carboxylic acids is 6. The van der Waals surface area contributed by atoms with E-state index in [4.69, 9.17) is 47.4 Å². The summed E-state index contributed by atoms with van der Waals surface area (Å²) in [7, 11) is 0. The van der Waals surface area contributed by atoms with Crippen LogP contribution < -0.4 is 18.9 Å². The van der Waals surface area contributed by atoms with Crippen LogP contribution in [0, 0.1) is 27.7 Å². The van der Waals surface area contributed by atoms with Gasteiger partial charge in [-0.15, -0.1) is 0 Å². The number of unbranched alkanes of at least 4 members (excludes halogenated alkanes) is 2. The summed E-state index contributed by atoms with van der Waals surface area (Å²) in [5.74, 6) is -2.11. The highest BCUT2D eigenvalue weighted by atomic mass is 16.6. The second-order valence-electron chi connectivity index (χ2n) is 14.5. The van der Waals surface area contributed by atoms with E-state index in [2.05, 4.69) is 26.3 Å². The van der Waals surface area contributed by atoms with Crippen LogP contribution >= 0.6 is 0 Å². The molecule has 0 radical (unpaired) electrons. The van der Waals surface area contributed by atoms with Gasteiger partial charge in [0, 0.05) is 37.5 Å². The molecule has 0 heterocycles. The van der Waals surface area contributed by atoms with Crippen molar-refractivity contribution in [3.05, 3.63) is 133 Å². The molecule has 354 valence electrons. The predicted octanol–water partition coefficient (Wildman–Crippen LogP) is 7.36. The maximum absolute atomic E-state index is 13.4. The van der Waals surface area contributed by atoms with Crippen LogP contribution in [0.1, 0.15) is 68.7 Å². The zero-order valence-electron chi connectivity index (χ0n) is 37.9. The molecule has 0 saturated heterocycles. The molecule has 0 aromatic heterocycles. The van der Waals surface area contributed by atoms with Crippen molar-refractivity contribution in [3.8, 4) is 23.0 Å². The normalized spacial score (nSPS) is 11.5. The van der Waals surface area contributed by atoms with Gasteiger partial charge in [-0.25, -0.2) is 28.8 Å². The Morgan fingerprint density at radius 1 is 0.485 bits per heavy atom. The van der Waals surface area contributed by atoms with Crippen LogP contribution in [0.2, 0.25) is 0 Å². The minimum atomic E-state index is -0.747. The molecule has 0 aliphatic rings. The van der Waals surface area contributed by atoms with Crippen LogP contribution in [-0.2, 0) is 47.6 Å². The van der Waals surface area contributed by atoms with Crippen molar-refractivity contribution in [2.45, 2.75) is 65.6 Å². The number of ether oxygens (including phenoxy) is 10. The highest BCUT2D eigenvalue weighted by Gasteiger charge is 2.22. The van der Waals surface area contributed by atoms with Gasteiger partial charge < -0.3 is 47.4 Å². The smallest absolute Gasteiger partial charge is 0.343 e. The first-order chi connectivity index (χ1) is 31.7. The summed E-state index contributed by atoms with van der Waals surface area (Å²) in [5, 5.41) is 0. The van der Waals surface area contributed by atoms with Crippen LogP contribution in [0.5, 0.6) is 23.0 Å². The Labute approximate surface area is 385 Å². The van der Waals surface area contributed by atoms with E-state index in [9.17, 15) is 28.8 Å². The quantitative estimate of drug-likeness (QED) is 0.0211. The number of benzene rings is 3. The number of carbonyl (C=O) groups is 6. The van der Waals surface area contributed by atoms with E-state index in [1.54, 1.807) is 64.1 Å². The maximum Gasteiger partial charge on any atom is 0.343 e. The van der Waals surface area contributed by atoms with Crippen molar-refractivity contribution in [1.82, 2.24) is 0 Å². The Morgan fingerprint density at radius 3 is 1.20 bits per heavy atom. The molecule has 0 fully saturated rings. The molecule has 3 rings (SSSR count). The molecule has 0 spiro atoms. The Morgan fingerprint density at radius 2 is 0.848 bits per heavy atom. The Bertz CT molecular complexity index is 2040. The van der Waals surface area contributed by atoms with Crippen LogP contribution in [0.4, 0.5) is 0 Å². The van der Waals surface area contributed by atoms with Crippen LogP contribution in [-0.4, -0.2) is 101 Å². The predicted molar refractivity (Wildman–Crippen MR) is 242 cm³/mol. The highest BCUT2D eigenvalue weighted by Crippen LogP contribution is 2.28. The highest BCUT2D eigenvalue weighted by molar-refractivity contribution is 5.97. The second kappa shape index (κ2) is 28.7. The lowest BCUT2D eigenvalue weighted by molar-refractivity contribution is -0.148. The fourth-order valence-corrected chi connectivity index (χ4v) is 5.81. The van der Waals surface area contributed by atoms with Gasteiger partial charge >= 0.3 is 35.8 Å². The largest absolute Gasteiger partial charge is 0.489 e. The fraction of sp³-hybridized carbons (Fsp3) is 0.360. The van der Waals surface area contributed by atoms with Gasteiger partial charge in [0.15, 0.2) is 12.2 Å². The van der Waals surface area contributed by atoms with Gasteiger partial charge in [0.05, 0.1) is 37.6 Å². The molecule has 3 aromatic carbocycles. The lowest BCUT2D eigenvalue weighted by Gasteiger charge is -2.19. The maximum atomic E-state index is 13.4. The SMILES string of the molecule is C=CC(=O)OCCCCOCC(COc1ccc(OC(=O)c2ccc(C(=O)Oc3ccc(OCC(COCCCCOC(=O)C=C)OC(=O)C=C)c(C)c3)c(C)c2C)cc1C)OC(=O)C=C. The standard InChI is InChI=1S/C50H58O16/c1-9-45(51)59-25-15-13-23-57-29-39(63-47(53)11-3)31-61-43-21-17-37(27-33(43)5)65-49(55)41-19-20-42(36(8)35(41)7)50(56)66-38-18-22-44(34(6)28-38)62-32-40(64-48(54)12-4)30-58-24-14-16-26-60-46(52)10-2/h9-12,17-22,27-28,39-40H,1-4,13-16,23-26,29-32H2,5-8H3. The third-order valence-corrected chi connectivity index (χ3v) is 9.48. The molecule has 0 aliphatic carbocycles. The van der Waals surface area contributed by atoms with Gasteiger partial charge in [-0.2, -0.15) is 0 Å². The molecule has 0 saturated carbocycles. The fourth-order valence-electron chi connectivity index (χ4n) is 5.81. The monoisotopic (exact) mass is 914 g/mol. The lowest BCUT2D eigenvalue weighted by atomic mass is 9.98. The Balaban J connectivity index is 1.55. The average Bonchev–Trinajstić information content (AvgIpc) is 3.30. The van der Waals surface area contributed by atoms with Gasteiger partial charge in [0.25, 0.3) is 0 Å². The molecule has 16 nitrogen and oxygen atoms in total. The van der Waals surface area contributed by atoms with Crippen molar-refractivity contribution in [1.29, 1.82) is 0 Å². The third kappa shape index (κ3) is 18.6. The molecule has 3 aromatic rings. The van der Waals surface area contributed by atoms with Crippen molar-refractivity contribution in [2.75, 3.05) is 52.9 Å². The van der Waals surface area contributed by atoms with Crippen molar-refractivity contribution in [3.63, 3.8) is 0 Å². The van der Waals surface area contributed by atoms with E-state index in [-0.39, 0.29) is 62.3 Å². The van der Waals surface area contributed by atoms with Crippen LogP contribution in [0.3, 0.4) is 0 Å². The molecule has 0 amide bonds. The Hall–Kier alpha value is -7.04.